The van der Waals surface area contributed by atoms with Crippen molar-refractivity contribution in [2.24, 2.45) is 5.73 Å². The maximum absolute atomic E-state index is 12.2. The minimum Gasteiger partial charge on any atom is -0.493 e. The molecule has 0 fully saturated rings. The van der Waals surface area contributed by atoms with Crippen LogP contribution in [0.25, 0.3) is 0 Å². The number of allylic oxidation sites excluding steroid dienone is 1. The van der Waals surface area contributed by atoms with Crippen molar-refractivity contribution in [1.29, 1.82) is 0 Å². The van der Waals surface area contributed by atoms with Crippen LogP contribution in [0.4, 0.5) is 5.95 Å². The van der Waals surface area contributed by atoms with Gasteiger partial charge in [0.05, 0.1) is 12.7 Å². The van der Waals surface area contributed by atoms with E-state index in [9.17, 15) is 9.59 Å². The summed E-state index contributed by atoms with van der Waals surface area (Å²) in [5.74, 6) is 0.516. The van der Waals surface area contributed by atoms with Crippen molar-refractivity contribution in [3.8, 4) is 11.5 Å². The zero-order valence-corrected chi connectivity index (χ0v) is 17.4. The predicted octanol–water partition coefficient (Wildman–Crippen LogP) is 0.703. The highest BCUT2D eigenvalue weighted by Crippen LogP contribution is 2.38. The Morgan fingerprint density at radius 3 is 2.63 bits per heavy atom. The Balaban J connectivity index is 1.93. The molecule has 1 atom stereocenters. The van der Waals surface area contributed by atoms with E-state index in [-0.39, 0.29) is 12.5 Å². The van der Waals surface area contributed by atoms with Gasteiger partial charge < -0.3 is 25.4 Å². The maximum Gasteiger partial charge on any atom is 0.260 e. The van der Waals surface area contributed by atoms with Crippen LogP contribution in [0.1, 0.15) is 32.4 Å². The molecule has 2 aromatic rings. The number of hydrogen-bond donors (Lipinski definition) is 2. The van der Waals surface area contributed by atoms with E-state index in [1.54, 1.807) is 30.0 Å². The smallest absolute Gasteiger partial charge is 0.260 e. The first-order chi connectivity index (χ1) is 14.4. The molecule has 2 amide bonds. The van der Waals surface area contributed by atoms with E-state index in [0.717, 1.165) is 0 Å². The van der Waals surface area contributed by atoms with Gasteiger partial charge >= 0.3 is 0 Å². The zero-order valence-electron chi connectivity index (χ0n) is 17.4. The van der Waals surface area contributed by atoms with E-state index < -0.39 is 11.9 Å². The Kier molecular flexibility index (Phi) is 6.19. The number of anilines is 1. The van der Waals surface area contributed by atoms with E-state index in [4.69, 9.17) is 15.2 Å². The number of amides is 2. The summed E-state index contributed by atoms with van der Waals surface area (Å²) in [5.41, 5.74) is 7.21. The number of carbonyl (C=O) groups excluding carboxylic acids is 2. The molecule has 2 heterocycles. The molecule has 0 bridgehead atoms. The summed E-state index contributed by atoms with van der Waals surface area (Å²) in [6, 6.07) is 4.53. The molecule has 160 valence electrons. The summed E-state index contributed by atoms with van der Waals surface area (Å²) in [6.07, 6.45) is 0. The van der Waals surface area contributed by atoms with Crippen molar-refractivity contribution in [2.45, 2.75) is 26.8 Å². The third-order valence-electron chi connectivity index (χ3n) is 4.95. The molecule has 0 saturated heterocycles. The molecule has 3 N–H and O–H groups in total. The van der Waals surface area contributed by atoms with Gasteiger partial charge in [0.2, 0.25) is 11.9 Å². The predicted molar refractivity (Wildman–Crippen MR) is 108 cm³/mol. The van der Waals surface area contributed by atoms with Crippen molar-refractivity contribution in [2.75, 3.05) is 32.1 Å². The monoisotopic (exact) mass is 415 g/mol. The van der Waals surface area contributed by atoms with Gasteiger partial charge in [0.25, 0.3) is 5.91 Å². The Labute approximate surface area is 173 Å². The van der Waals surface area contributed by atoms with E-state index in [1.807, 2.05) is 13.8 Å². The lowest BCUT2D eigenvalue weighted by Gasteiger charge is -2.27. The van der Waals surface area contributed by atoms with Gasteiger partial charge in [-0.2, -0.15) is 4.68 Å². The standard InChI is InChI=1S/C19H25N7O4/c1-5-25(6-2)15(27)10-30-13-8-7-12(9-14(13)29-4)17-16(18(20)28)11(3)21-19-22-23-24-26(17)19/h7-9,17H,5-6,10H2,1-4H3,(H2,20,28)(H,21,22,24). The fourth-order valence-corrected chi connectivity index (χ4v) is 3.42. The number of likely N-dealkylation sites (N-methyl/N-ethyl adjacent to an activating group) is 1. The lowest BCUT2D eigenvalue weighted by Crippen LogP contribution is -2.34. The second kappa shape index (κ2) is 8.80. The molecule has 1 aromatic carbocycles. The highest BCUT2D eigenvalue weighted by Gasteiger charge is 2.33. The molecule has 1 unspecified atom stereocenters. The molecule has 0 spiro atoms. The number of nitrogens with zero attached hydrogens (tertiary/aromatic N) is 5. The third kappa shape index (κ3) is 3.91. The second-order valence-electron chi connectivity index (χ2n) is 6.64. The maximum atomic E-state index is 12.2. The number of rotatable bonds is 8. The van der Waals surface area contributed by atoms with Gasteiger partial charge in [-0.3, -0.25) is 9.59 Å². The minimum atomic E-state index is -0.631. The van der Waals surface area contributed by atoms with Crippen LogP contribution in [-0.2, 0) is 9.59 Å². The van der Waals surface area contributed by atoms with Crippen LogP contribution in [0, 0.1) is 0 Å². The van der Waals surface area contributed by atoms with Crippen molar-refractivity contribution in [3.63, 3.8) is 0 Å². The van der Waals surface area contributed by atoms with Crippen LogP contribution < -0.4 is 20.5 Å². The van der Waals surface area contributed by atoms with E-state index in [2.05, 4.69) is 20.8 Å². The Hall–Kier alpha value is -3.63. The fourth-order valence-electron chi connectivity index (χ4n) is 3.42. The molecule has 0 aliphatic carbocycles. The average Bonchev–Trinajstić information content (AvgIpc) is 3.19. The molecule has 3 rings (SSSR count). The number of methoxy groups -OCH3 is 1. The van der Waals surface area contributed by atoms with Crippen molar-refractivity contribution < 1.29 is 19.1 Å². The lowest BCUT2D eigenvalue weighted by molar-refractivity contribution is -0.133. The van der Waals surface area contributed by atoms with E-state index in [0.29, 0.717) is 47.4 Å². The number of ether oxygens (including phenoxy) is 2. The van der Waals surface area contributed by atoms with E-state index in [1.165, 1.54) is 11.8 Å². The first kappa shape index (κ1) is 21.1. The van der Waals surface area contributed by atoms with Crippen LogP contribution in [0.3, 0.4) is 0 Å². The average molecular weight is 415 g/mol. The minimum absolute atomic E-state index is 0.104. The highest BCUT2D eigenvalue weighted by atomic mass is 16.5. The number of nitrogens with one attached hydrogen (secondary N) is 1. The largest absolute Gasteiger partial charge is 0.493 e. The number of aromatic nitrogens is 4. The van der Waals surface area contributed by atoms with Gasteiger partial charge in [0, 0.05) is 18.8 Å². The van der Waals surface area contributed by atoms with Gasteiger partial charge in [-0.1, -0.05) is 11.2 Å². The number of fused-ring (bicyclic) bond motifs is 1. The van der Waals surface area contributed by atoms with Gasteiger partial charge in [0.1, 0.15) is 6.04 Å². The van der Waals surface area contributed by atoms with Crippen LogP contribution in [-0.4, -0.2) is 63.7 Å². The summed E-state index contributed by atoms with van der Waals surface area (Å²) in [6.45, 7) is 6.68. The zero-order chi connectivity index (χ0) is 21.8. The summed E-state index contributed by atoms with van der Waals surface area (Å²) in [5, 5.41) is 14.6. The van der Waals surface area contributed by atoms with Crippen LogP contribution in [0.15, 0.2) is 29.5 Å². The Morgan fingerprint density at radius 2 is 2.00 bits per heavy atom. The number of nitrogens with two attached hydrogens (primary N) is 1. The molecular formula is C19H25N7O4. The molecule has 0 saturated carbocycles. The van der Waals surface area contributed by atoms with Crippen molar-refractivity contribution >= 4 is 17.8 Å². The van der Waals surface area contributed by atoms with Crippen molar-refractivity contribution in [3.05, 3.63) is 35.0 Å². The molecule has 1 aliphatic heterocycles. The molecule has 1 aliphatic rings. The normalized spacial score (nSPS) is 15.3. The summed E-state index contributed by atoms with van der Waals surface area (Å²) in [4.78, 5) is 26.1. The summed E-state index contributed by atoms with van der Waals surface area (Å²) in [7, 11) is 1.50. The van der Waals surface area contributed by atoms with Gasteiger partial charge in [0.15, 0.2) is 18.1 Å². The third-order valence-corrected chi connectivity index (χ3v) is 4.95. The van der Waals surface area contributed by atoms with Gasteiger partial charge in [-0.25, -0.2) is 0 Å². The highest BCUT2D eigenvalue weighted by molar-refractivity contribution is 5.95. The fraction of sp³-hybridized carbons (Fsp3) is 0.421. The molecule has 0 radical (unpaired) electrons. The molecule has 1 aromatic heterocycles. The first-order valence-electron chi connectivity index (χ1n) is 9.55. The molecule has 11 heteroatoms. The van der Waals surface area contributed by atoms with Crippen LogP contribution in [0.2, 0.25) is 0 Å². The first-order valence-corrected chi connectivity index (χ1v) is 9.55. The van der Waals surface area contributed by atoms with E-state index >= 15 is 0 Å². The lowest BCUT2D eigenvalue weighted by atomic mass is 9.95. The SMILES string of the molecule is CCN(CC)C(=O)COc1ccc(C2C(C(N)=O)=C(C)Nc3nnnn32)cc1OC. The summed E-state index contributed by atoms with van der Waals surface area (Å²) < 4.78 is 12.6. The number of hydrogen-bond acceptors (Lipinski definition) is 8. The Morgan fingerprint density at radius 1 is 1.27 bits per heavy atom. The number of carbonyl (C=O) groups is 2. The van der Waals surface area contributed by atoms with Gasteiger partial charge in [-0.05, 0) is 48.9 Å². The molecule has 30 heavy (non-hydrogen) atoms. The number of benzene rings is 1. The summed E-state index contributed by atoms with van der Waals surface area (Å²) >= 11 is 0. The Bertz CT molecular complexity index is 981. The molecule has 11 nitrogen and oxygen atoms in total. The number of tetrazole rings is 1. The van der Waals surface area contributed by atoms with Crippen LogP contribution >= 0.6 is 0 Å². The van der Waals surface area contributed by atoms with Crippen molar-refractivity contribution in [1.82, 2.24) is 25.1 Å². The molecular weight excluding hydrogens is 390 g/mol. The van der Waals surface area contributed by atoms with Crippen LogP contribution in [0.5, 0.6) is 11.5 Å². The number of primary amides is 1. The van der Waals surface area contributed by atoms with Gasteiger partial charge in [-0.15, -0.1) is 0 Å². The quantitative estimate of drug-likeness (QED) is 0.643. The topological polar surface area (TPSA) is 137 Å². The second-order valence-corrected chi connectivity index (χ2v) is 6.64.